The minimum absolute atomic E-state index is 0.0542. The number of nitrogens with zero attached hydrogens (tertiary/aromatic N) is 1. The van der Waals surface area contributed by atoms with E-state index in [2.05, 4.69) is 4.98 Å². The van der Waals surface area contributed by atoms with Crippen LogP contribution in [0.1, 0.15) is 30.5 Å². The van der Waals surface area contributed by atoms with Crippen molar-refractivity contribution < 1.29 is 9.53 Å². The van der Waals surface area contributed by atoms with Gasteiger partial charge in [0.25, 0.3) is 0 Å². The van der Waals surface area contributed by atoms with E-state index in [1.54, 1.807) is 6.20 Å². The largest absolute Gasteiger partial charge is 0.466 e. The van der Waals surface area contributed by atoms with Gasteiger partial charge in [0.15, 0.2) is 0 Å². The van der Waals surface area contributed by atoms with Crippen LogP contribution in [0.3, 0.4) is 0 Å². The van der Waals surface area contributed by atoms with E-state index in [0.717, 1.165) is 11.3 Å². The molecule has 2 rings (SSSR count). The molecule has 3 heteroatoms. The van der Waals surface area contributed by atoms with Gasteiger partial charge >= 0.3 is 5.97 Å². The molecule has 0 aliphatic rings. The van der Waals surface area contributed by atoms with E-state index in [1.807, 2.05) is 55.5 Å². The summed E-state index contributed by atoms with van der Waals surface area (Å²) in [6, 6.07) is 15.7. The Labute approximate surface area is 113 Å². The monoisotopic (exact) mass is 255 g/mol. The van der Waals surface area contributed by atoms with E-state index in [9.17, 15) is 4.79 Å². The normalized spacial score (nSPS) is 11.8. The molecule has 0 radical (unpaired) electrons. The lowest BCUT2D eigenvalue weighted by Gasteiger charge is -2.16. The van der Waals surface area contributed by atoms with Crippen molar-refractivity contribution in [1.82, 2.24) is 4.98 Å². The molecule has 3 nitrogen and oxygen atoms in total. The van der Waals surface area contributed by atoms with Gasteiger partial charge in [-0.3, -0.25) is 9.78 Å². The number of hydrogen-bond donors (Lipinski definition) is 0. The first-order valence-electron chi connectivity index (χ1n) is 6.42. The Morgan fingerprint density at radius 3 is 2.53 bits per heavy atom. The minimum Gasteiger partial charge on any atom is -0.466 e. The van der Waals surface area contributed by atoms with Crippen LogP contribution in [0, 0.1) is 0 Å². The molecule has 1 heterocycles. The van der Waals surface area contributed by atoms with Gasteiger partial charge in [0, 0.05) is 17.8 Å². The van der Waals surface area contributed by atoms with Gasteiger partial charge in [-0.05, 0) is 24.6 Å². The first-order valence-corrected chi connectivity index (χ1v) is 6.42. The fraction of sp³-hybridized carbons (Fsp3) is 0.250. The van der Waals surface area contributed by atoms with E-state index in [-0.39, 0.29) is 11.9 Å². The van der Waals surface area contributed by atoms with Gasteiger partial charge in [-0.1, -0.05) is 36.4 Å². The van der Waals surface area contributed by atoms with Crippen LogP contribution in [0.25, 0.3) is 0 Å². The summed E-state index contributed by atoms with van der Waals surface area (Å²) in [5.74, 6) is -0.247. The summed E-state index contributed by atoms with van der Waals surface area (Å²) in [6.07, 6.45) is 2.06. The van der Waals surface area contributed by atoms with E-state index in [1.165, 1.54) is 0 Å². The third-order valence-corrected chi connectivity index (χ3v) is 2.92. The van der Waals surface area contributed by atoms with Crippen LogP contribution < -0.4 is 0 Å². The van der Waals surface area contributed by atoms with Gasteiger partial charge < -0.3 is 4.74 Å². The molecule has 0 amide bonds. The summed E-state index contributed by atoms with van der Waals surface area (Å²) in [5, 5.41) is 0. The molecule has 19 heavy (non-hydrogen) atoms. The van der Waals surface area contributed by atoms with Crippen LogP contribution in [0.15, 0.2) is 54.7 Å². The van der Waals surface area contributed by atoms with Crippen molar-refractivity contribution in [2.75, 3.05) is 6.61 Å². The maximum atomic E-state index is 11.8. The lowest BCUT2D eigenvalue weighted by molar-refractivity contribution is -0.143. The highest BCUT2D eigenvalue weighted by Gasteiger charge is 2.19. The second-order valence-electron chi connectivity index (χ2n) is 4.23. The van der Waals surface area contributed by atoms with Crippen LogP contribution in [-0.2, 0) is 9.53 Å². The summed E-state index contributed by atoms with van der Waals surface area (Å²) in [6.45, 7) is 2.22. The maximum absolute atomic E-state index is 11.8. The van der Waals surface area contributed by atoms with Crippen LogP contribution >= 0.6 is 0 Å². The molecule has 2 aromatic rings. The lowest BCUT2D eigenvalue weighted by Crippen LogP contribution is -2.12. The molecule has 0 saturated heterocycles. The highest BCUT2D eigenvalue weighted by atomic mass is 16.5. The summed E-state index contributed by atoms with van der Waals surface area (Å²) >= 11 is 0. The van der Waals surface area contributed by atoms with E-state index in [0.29, 0.717) is 13.0 Å². The van der Waals surface area contributed by atoms with Gasteiger partial charge in [-0.15, -0.1) is 0 Å². The Morgan fingerprint density at radius 1 is 1.16 bits per heavy atom. The second-order valence-corrected chi connectivity index (χ2v) is 4.23. The third-order valence-electron chi connectivity index (χ3n) is 2.92. The molecule has 98 valence electrons. The first-order chi connectivity index (χ1) is 9.31. The fourth-order valence-corrected chi connectivity index (χ4v) is 2.05. The zero-order chi connectivity index (χ0) is 13.5. The smallest absolute Gasteiger partial charge is 0.306 e. The summed E-state index contributed by atoms with van der Waals surface area (Å²) in [4.78, 5) is 16.1. The Balaban J connectivity index is 2.26. The molecule has 0 unspecified atom stereocenters. The zero-order valence-electron chi connectivity index (χ0n) is 11.0. The zero-order valence-corrected chi connectivity index (χ0v) is 11.0. The number of pyridine rings is 1. The van der Waals surface area contributed by atoms with Gasteiger partial charge in [0.1, 0.15) is 0 Å². The van der Waals surface area contributed by atoms with E-state index < -0.39 is 0 Å². The Hall–Kier alpha value is -2.16. The fourth-order valence-electron chi connectivity index (χ4n) is 2.05. The van der Waals surface area contributed by atoms with Crippen LogP contribution in [0.4, 0.5) is 0 Å². The Morgan fingerprint density at radius 2 is 1.89 bits per heavy atom. The summed E-state index contributed by atoms with van der Waals surface area (Å²) in [5.41, 5.74) is 1.97. The van der Waals surface area contributed by atoms with Crippen LogP contribution in [0.5, 0.6) is 0 Å². The summed E-state index contributed by atoms with van der Waals surface area (Å²) < 4.78 is 5.05. The molecule has 0 aliphatic heterocycles. The average Bonchev–Trinajstić information content (AvgIpc) is 2.47. The molecule has 0 bridgehead atoms. The predicted molar refractivity (Wildman–Crippen MR) is 73.8 cm³/mol. The van der Waals surface area contributed by atoms with Crippen LogP contribution in [-0.4, -0.2) is 17.6 Å². The minimum atomic E-state index is -0.193. The third kappa shape index (κ3) is 3.65. The van der Waals surface area contributed by atoms with Crippen molar-refractivity contribution in [1.29, 1.82) is 0 Å². The highest BCUT2D eigenvalue weighted by molar-refractivity contribution is 5.71. The molecule has 1 aromatic heterocycles. The average molecular weight is 255 g/mol. The van der Waals surface area contributed by atoms with Crippen molar-refractivity contribution in [2.24, 2.45) is 0 Å². The molecule has 0 saturated carbocycles. The first kappa shape index (κ1) is 13.3. The topological polar surface area (TPSA) is 39.2 Å². The molecule has 1 aromatic carbocycles. The molecular formula is C16H17NO2. The molecule has 0 N–H and O–H groups in total. The van der Waals surface area contributed by atoms with Crippen molar-refractivity contribution in [3.8, 4) is 0 Å². The van der Waals surface area contributed by atoms with Crippen LogP contribution in [0.2, 0.25) is 0 Å². The number of carbonyl (C=O) groups is 1. The highest BCUT2D eigenvalue weighted by Crippen LogP contribution is 2.26. The molecule has 1 atom stereocenters. The van der Waals surface area contributed by atoms with Crippen molar-refractivity contribution in [2.45, 2.75) is 19.3 Å². The lowest BCUT2D eigenvalue weighted by atomic mass is 9.92. The maximum Gasteiger partial charge on any atom is 0.306 e. The molecule has 0 aliphatic carbocycles. The van der Waals surface area contributed by atoms with Gasteiger partial charge in [-0.25, -0.2) is 0 Å². The Kier molecular flexibility index (Phi) is 4.67. The van der Waals surface area contributed by atoms with Gasteiger partial charge in [0.2, 0.25) is 0 Å². The number of benzene rings is 1. The number of carbonyl (C=O) groups excluding carboxylic acids is 1. The predicted octanol–water partition coefficient (Wildman–Crippen LogP) is 3.17. The number of aromatic nitrogens is 1. The second kappa shape index (κ2) is 6.69. The molecule has 0 spiro atoms. The number of esters is 1. The van der Waals surface area contributed by atoms with Crippen molar-refractivity contribution in [3.05, 3.63) is 66.0 Å². The van der Waals surface area contributed by atoms with Gasteiger partial charge in [-0.2, -0.15) is 0 Å². The van der Waals surface area contributed by atoms with E-state index in [4.69, 9.17) is 4.74 Å². The van der Waals surface area contributed by atoms with Gasteiger partial charge in [0.05, 0.1) is 13.0 Å². The Bertz CT molecular complexity index is 471. The standard InChI is InChI=1S/C16H17NO2/c1-2-19-16(18)12-14(13-8-4-3-5-9-13)15-10-6-7-11-17-15/h3-11,14H,2,12H2,1H3/t14-/m0/s1. The number of hydrogen-bond acceptors (Lipinski definition) is 3. The number of ether oxygens (including phenoxy) is 1. The quantitative estimate of drug-likeness (QED) is 0.770. The van der Waals surface area contributed by atoms with Crippen molar-refractivity contribution >= 4 is 5.97 Å². The number of rotatable bonds is 5. The van der Waals surface area contributed by atoms with Crippen molar-refractivity contribution in [3.63, 3.8) is 0 Å². The summed E-state index contributed by atoms with van der Waals surface area (Å²) in [7, 11) is 0. The van der Waals surface area contributed by atoms with E-state index >= 15 is 0 Å². The molecular weight excluding hydrogens is 238 g/mol. The molecule has 0 fully saturated rings. The SMILES string of the molecule is CCOC(=O)C[C@@H](c1ccccc1)c1ccccn1.